The Bertz CT molecular complexity index is 1160. The fraction of sp³-hybridized carbons (Fsp3) is 0.350. The van der Waals surface area contributed by atoms with Crippen LogP contribution in [0.3, 0.4) is 0 Å². The van der Waals surface area contributed by atoms with Crippen molar-refractivity contribution in [3.05, 3.63) is 68.0 Å². The van der Waals surface area contributed by atoms with E-state index < -0.39 is 10.5 Å². The summed E-state index contributed by atoms with van der Waals surface area (Å²) in [6.45, 7) is 6.15. The minimum Gasteiger partial charge on any atom is -0.383 e. The van der Waals surface area contributed by atoms with Gasteiger partial charge in [-0.05, 0) is 32.9 Å². The van der Waals surface area contributed by atoms with Gasteiger partial charge in [-0.3, -0.25) is 24.3 Å². The summed E-state index contributed by atoms with van der Waals surface area (Å²) in [5.41, 5.74) is 1.96. The van der Waals surface area contributed by atoms with E-state index in [2.05, 4.69) is 4.98 Å². The van der Waals surface area contributed by atoms with E-state index in [1.165, 1.54) is 29.1 Å². The van der Waals surface area contributed by atoms with Crippen molar-refractivity contribution in [3.63, 3.8) is 0 Å². The molecule has 0 aliphatic rings. The fourth-order valence-electron chi connectivity index (χ4n) is 3.67. The Labute approximate surface area is 166 Å². The molecule has 0 bridgehead atoms. The first-order chi connectivity index (χ1) is 13.7. The summed E-state index contributed by atoms with van der Waals surface area (Å²) < 4.78 is 8.47. The monoisotopic (exact) mass is 398 g/mol. The smallest absolute Gasteiger partial charge is 0.271 e. The molecule has 0 saturated carbocycles. The van der Waals surface area contributed by atoms with Gasteiger partial charge in [-0.2, -0.15) is 0 Å². The van der Waals surface area contributed by atoms with E-state index >= 15 is 0 Å². The Morgan fingerprint density at radius 3 is 2.69 bits per heavy atom. The predicted octanol–water partition coefficient (Wildman–Crippen LogP) is 2.81. The quantitative estimate of drug-likeness (QED) is 0.344. The number of ether oxygens (including phenoxy) is 1. The standard InChI is InChI=1S/C20H22N4O5/c1-12-7-17(14(3)23(12)13(2)10-29-4)19(25)9-22-11-21-18-8-15(24(27)28)5-6-16(18)20(22)26/h5-8,11,13H,9-10H2,1-4H3. The summed E-state index contributed by atoms with van der Waals surface area (Å²) in [7, 11) is 1.63. The van der Waals surface area contributed by atoms with E-state index in [9.17, 15) is 19.7 Å². The number of methoxy groups -OCH3 is 1. The number of aromatic nitrogens is 3. The van der Waals surface area contributed by atoms with Gasteiger partial charge in [0.05, 0.1) is 41.3 Å². The van der Waals surface area contributed by atoms with Gasteiger partial charge in [-0.25, -0.2) is 4.98 Å². The van der Waals surface area contributed by atoms with Gasteiger partial charge in [0.1, 0.15) is 0 Å². The van der Waals surface area contributed by atoms with Gasteiger partial charge in [0.15, 0.2) is 5.78 Å². The van der Waals surface area contributed by atoms with Crippen LogP contribution in [-0.2, 0) is 11.3 Å². The third kappa shape index (κ3) is 3.81. The normalized spacial score (nSPS) is 12.3. The maximum Gasteiger partial charge on any atom is 0.271 e. The van der Waals surface area contributed by atoms with E-state index in [1.54, 1.807) is 7.11 Å². The molecular formula is C20H22N4O5. The molecule has 0 fully saturated rings. The molecule has 0 spiro atoms. The van der Waals surface area contributed by atoms with E-state index in [4.69, 9.17) is 4.74 Å². The molecule has 3 aromatic rings. The Morgan fingerprint density at radius 1 is 1.31 bits per heavy atom. The summed E-state index contributed by atoms with van der Waals surface area (Å²) in [4.78, 5) is 40.1. The first kappa shape index (κ1) is 20.4. The number of fused-ring (bicyclic) bond motifs is 1. The molecule has 3 rings (SSSR count). The van der Waals surface area contributed by atoms with Crippen LogP contribution in [0.15, 0.2) is 35.4 Å². The first-order valence-corrected chi connectivity index (χ1v) is 9.08. The molecule has 152 valence electrons. The lowest BCUT2D eigenvalue weighted by atomic mass is 10.1. The number of non-ortho nitro benzene ring substituents is 1. The topological polar surface area (TPSA) is 109 Å². The highest BCUT2D eigenvalue weighted by Crippen LogP contribution is 2.22. The zero-order valence-electron chi connectivity index (χ0n) is 16.7. The van der Waals surface area contributed by atoms with Crippen LogP contribution in [0.2, 0.25) is 0 Å². The van der Waals surface area contributed by atoms with Crippen molar-refractivity contribution in [1.82, 2.24) is 14.1 Å². The Balaban J connectivity index is 1.93. The number of nitro benzene ring substituents is 1. The SMILES string of the molecule is COCC(C)n1c(C)cc(C(=O)Cn2cnc3cc([N+](=O)[O-])ccc3c2=O)c1C. The molecule has 1 atom stereocenters. The van der Waals surface area contributed by atoms with Gasteiger partial charge in [-0.1, -0.05) is 0 Å². The van der Waals surface area contributed by atoms with E-state index in [1.807, 2.05) is 31.4 Å². The number of nitrogens with zero attached hydrogens (tertiary/aromatic N) is 4. The lowest BCUT2D eigenvalue weighted by Crippen LogP contribution is -2.25. The van der Waals surface area contributed by atoms with Gasteiger partial charge in [0.2, 0.25) is 0 Å². The summed E-state index contributed by atoms with van der Waals surface area (Å²) in [5.74, 6) is -0.209. The second kappa shape index (κ2) is 7.96. The van der Waals surface area contributed by atoms with Crippen LogP contribution < -0.4 is 5.56 Å². The lowest BCUT2D eigenvalue weighted by Gasteiger charge is -2.17. The summed E-state index contributed by atoms with van der Waals surface area (Å²) >= 11 is 0. The minimum atomic E-state index is -0.545. The van der Waals surface area contributed by atoms with E-state index in [0.717, 1.165) is 11.4 Å². The van der Waals surface area contributed by atoms with Crippen molar-refractivity contribution in [3.8, 4) is 0 Å². The van der Waals surface area contributed by atoms with Crippen molar-refractivity contribution < 1.29 is 14.5 Å². The van der Waals surface area contributed by atoms with Crippen LogP contribution in [0.5, 0.6) is 0 Å². The molecule has 0 aliphatic carbocycles. The number of hydrogen-bond donors (Lipinski definition) is 0. The molecule has 9 heteroatoms. The zero-order chi connectivity index (χ0) is 21.3. The van der Waals surface area contributed by atoms with Gasteiger partial charge in [0, 0.05) is 36.2 Å². The van der Waals surface area contributed by atoms with Crippen LogP contribution in [0.25, 0.3) is 10.9 Å². The van der Waals surface area contributed by atoms with Crippen LogP contribution in [0, 0.1) is 24.0 Å². The van der Waals surface area contributed by atoms with Crippen molar-refractivity contribution in [2.24, 2.45) is 0 Å². The molecule has 0 radical (unpaired) electrons. The molecule has 29 heavy (non-hydrogen) atoms. The van der Waals surface area contributed by atoms with Gasteiger partial charge in [0.25, 0.3) is 11.2 Å². The average Bonchev–Trinajstić information content (AvgIpc) is 2.98. The highest BCUT2D eigenvalue weighted by atomic mass is 16.6. The molecule has 1 aromatic carbocycles. The van der Waals surface area contributed by atoms with Gasteiger partial charge < -0.3 is 9.30 Å². The van der Waals surface area contributed by atoms with Crippen LogP contribution in [-0.4, -0.2) is 38.5 Å². The molecule has 0 saturated heterocycles. The predicted molar refractivity (Wildman–Crippen MR) is 107 cm³/mol. The van der Waals surface area contributed by atoms with Crippen LogP contribution in [0.4, 0.5) is 5.69 Å². The van der Waals surface area contributed by atoms with E-state index in [-0.39, 0.29) is 35.0 Å². The number of ketones is 1. The molecule has 0 aliphatic heterocycles. The maximum absolute atomic E-state index is 12.9. The zero-order valence-corrected chi connectivity index (χ0v) is 16.7. The molecular weight excluding hydrogens is 376 g/mol. The largest absolute Gasteiger partial charge is 0.383 e. The number of carbonyl (C=O) groups excluding carboxylic acids is 1. The van der Waals surface area contributed by atoms with Crippen molar-refractivity contribution in [2.45, 2.75) is 33.4 Å². The minimum absolute atomic E-state index is 0.0717. The van der Waals surface area contributed by atoms with Gasteiger partial charge in [-0.15, -0.1) is 0 Å². The third-order valence-corrected chi connectivity index (χ3v) is 4.97. The van der Waals surface area contributed by atoms with Crippen molar-refractivity contribution in [1.29, 1.82) is 0 Å². The van der Waals surface area contributed by atoms with Crippen LogP contribution in [0.1, 0.15) is 34.7 Å². The molecule has 0 amide bonds. The highest BCUT2D eigenvalue weighted by Gasteiger charge is 2.20. The molecule has 9 nitrogen and oxygen atoms in total. The molecule has 1 unspecified atom stereocenters. The van der Waals surface area contributed by atoms with E-state index in [0.29, 0.717) is 12.2 Å². The fourth-order valence-corrected chi connectivity index (χ4v) is 3.67. The number of carbonyl (C=O) groups is 1. The number of Topliss-reactive ketones (excluding diaryl/α,β-unsaturated/α-hetero) is 1. The maximum atomic E-state index is 12.9. The molecule has 0 N–H and O–H groups in total. The summed E-state index contributed by atoms with van der Waals surface area (Å²) in [6, 6.07) is 5.74. The average molecular weight is 398 g/mol. The Hall–Kier alpha value is -3.33. The first-order valence-electron chi connectivity index (χ1n) is 9.08. The molecule has 2 heterocycles. The summed E-state index contributed by atoms with van der Waals surface area (Å²) in [5, 5.41) is 11.1. The molecule has 2 aromatic heterocycles. The number of aryl methyl sites for hydroxylation is 1. The lowest BCUT2D eigenvalue weighted by molar-refractivity contribution is -0.384. The van der Waals surface area contributed by atoms with Crippen LogP contribution >= 0.6 is 0 Å². The number of nitro groups is 1. The number of benzene rings is 1. The highest BCUT2D eigenvalue weighted by molar-refractivity contribution is 5.97. The Morgan fingerprint density at radius 2 is 2.03 bits per heavy atom. The second-order valence-electron chi connectivity index (χ2n) is 7.02. The van der Waals surface area contributed by atoms with Crippen molar-refractivity contribution >= 4 is 22.4 Å². The second-order valence-corrected chi connectivity index (χ2v) is 7.02. The summed E-state index contributed by atoms with van der Waals surface area (Å²) in [6.07, 6.45) is 1.25. The number of hydrogen-bond acceptors (Lipinski definition) is 6. The third-order valence-electron chi connectivity index (χ3n) is 4.97. The Kier molecular flexibility index (Phi) is 5.60. The number of rotatable bonds is 7. The van der Waals surface area contributed by atoms with Crippen molar-refractivity contribution in [2.75, 3.05) is 13.7 Å². The van der Waals surface area contributed by atoms with Gasteiger partial charge >= 0.3 is 0 Å².